The van der Waals surface area contributed by atoms with Crippen LogP contribution in [0.2, 0.25) is 0 Å². The van der Waals surface area contributed by atoms with Crippen molar-refractivity contribution in [2.75, 3.05) is 0 Å². The molecule has 2 N–H and O–H groups in total. The lowest BCUT2D eigenvalue weighted by atomic mass is 10.1. The number of amides is 2. The van der Waals surface area contributed by atoms with Crippen molar-refractivity contribution in [3.05, 3.63) is 0 Å². The van der Waals surface area contributed by atoms with Crippen molar-refractivity contribution in [2.45, 2.75) is 63.5 Å². The number of carbonyl (C=O) groups is 2. The van der Waals surface area contributed by atoms with Crippen LogP contribution in [-0.4, -0.2) is 23.9 Å². The van der Waals surface area contributed by atoms with Crippen LogP contribution in [0.25, 0.3) is 0 Å². The normalized spacial score (nSPS) is 27.2. The zero-order valence-electron chi connectivity index (χ0n) is 9.63. The minimum Gasteiger partial charge on any atom is -0.352 e. The molecule has 4 nitrogen and oxygen atoms in total. The molecule has 2 aliphatic rings. The Morgan fingerprint density at radius 3 is 2.38 bits per heavy atom. The van der Waals surface area contributed by atoms with Gasteiger partial charge in [0.15, 0.2) is 0 Å². The van der Waals surface area contributed by atoms with E-state index in [2.05, 4.69) is 10.6 Å². The molecule has 2 rings (SSSR count). The third-order valence-corrected chi connectivity index (χ3v) is 3.51. The van der Waals surface area contributed by atoms with E-state index in [4.69, 9.17) is 0 Å². The minimum absolute atomic E-state index is 0.000941. The summed E-state index contributed by atoms with van der Waals surface area (Å²) in [6.45, 7) is 0. The molecule has 0 bridgehead atoms. The van der Waals surface area contributed by atoms with Gasteiger partial charge in [-0.15, -0.1) is 0 Å². The Labute approximate surface area is 96.2 Å². The molecule has 0 aromatic rings. The smallest absolute Gasteiger partial charge is 0.242 e. The Hall–Kier alpha value is -1.06. The maximum atomic E-state index is 11.8. The Balaban J connectivity index is 1.79. The molecule has 2 amide bonds. The van der Waals surface area contributed by atoms with Crippen molar-refractivity contribution in [1.29, 1.82) is 0 Å². The first kappa shape index (κ1) is 11.4. The van der Waals surface area contributed by atoms with E-state index >= 15 is 0 Å². The largest absolute Gasteiger partial charge is 0.352 e. The van der Waals surface area contributed by atoms with E-state index in [0.29, 0.717) is 18.9 Å². The van der Waals surface area contributed by atoms with Crippen molar-refractivity contribution in [1.82, 2.24) is 10.6 Å². The summed E-state index contributed by atoms with van der Waals surface area (Å²) < 4.78 is 0. The van der Waals surface area contributed by atoms with E-state index in [1.807, 2.05) is 0 Å². The van der Waals surface area contributed by atoms with E-state index in [9.17, 15) is 9.59 Å². The molecule has 16 heavy (non-hydrogen) atoms. The van der Waals surface area contributed by atoms with Gasteiger partial charge < -0.3 is 10.6 Å². The maximum absolute atomic E-state index is 11.8. The topological polar surface area (TPSA) is 58.2 Å². The summed E-state index contributed by atoms with van der Waals surface area (Å²) in [5.41, 5.74) is 0. The summed E-state index contributed by atoms with van der Waals surface area (Å²) >= 11 is 0. The SMILES string of the molecule is O=C1CC[C@H](C(=O)NC2CCCCCC2)N1. The Kier molecular flexibility index (Phi) is 3.80. The van der Waals surface area contributed by atoms with Gasteiger partial charge in [-0.3, -0.25) is 9.59 Å². The Morgan fingerprint density at radius 1 is 1.12 bits per heavy atom. The number of hydrogen-bond donors (Lipinski definition) is 2. The highest BCUT2D eigenvalue weighted by molar-refractivity contribution is 5.90. The predicted molar refractivity (Wildman–Crippen MR) is 60.8 cm³/mol. The van der Waals surface area contributed by atoms with Crippen molar-refractivity contribution in [2.24, 2.45) is 0 Å². The third-order valence-electron chi connectivity index (χ3n) is 3.51. The molecule has 0 aromatic heterocycles. The van der Waals surface area contributed by atoms with Gasteiger partial charge in [0.05, 0.1) is 0 Å². The van der Waals surface area contributed by atoms with E-state index < -0.39 is 0 Å². The van der Waals surface area contributed by atoms with Crippen LogP contribution in [0, 0.1) is 0 Å². The lowest BCUT2D eigenvalue weighted by Crippen LogP contribution is -2.45. The van der Waals surface area contributed by atoms with Crippen LogP contribution in [-0.2, 0) is 9.59 Å². The van der Waals surface area contributed by atoms with Crippen LogP contribution < -0.4 is 10.6 Å². The van der Waals surface area contributed by atoms with Gasteiger partial charge in [0.2, 0.25) is 11.8 Å². The molecule has 1 saturated carbocycles. The van der Waals surface area contributed by atoms with Gasteiger partial charge >= 0.3 is 0 Å². The number of hydrogen-bond acceptors (Lipinski definition) is 2. The molecule has 2 fully saturated rings. The first-order chi connectivity index (χ1) is 7.75. The summed E-state index contributed by atoms with van der Waals surface area (Å²) in [6.07, 6.45) is 8.31. The third kappa shape index (κ3) is 2.97. The molecule has 1 aliphatic heterocycles. The van der Waals surface area contributed by atoms with E-state index in [1.165, 1.54) is 25.7 Å². The fourth-order valence-electron chi connectivity index (χ4n) is 2.54. The molecule has 4 heteroatoms. The highest BCUT2D eigenvalue weighted by atomic mass is 16.2. The zero-order valence-corrected chi connectivity index (χ0v) is 9.63. The predicted octanol–water partition coefficient (Wildman–Crippen LogP) is 1.10. The monoisotopic (exact) mass is 224 g/mol. The Morgan fingerprint density at radius 2 is 1.81 bits per heavy atom. The fraction of sp³-hybridized carbons (Fsp3) is 0.833. The molecular weight excluding hydrogens is 204 g/mol. The summed E-state index contributed by atoms with van der Waals surface area (Å²) in [5.74, 6) is 0.0127. The number of carbonyl (C=O) groups excluding carboxylic acids is 2. The molecule has 0 spiro atoms. The van der Waals surface area contributed by atoms with Gasteiger partial charge in [0, 0.05) is 12.5 Å². The van der Waals surface area contributed by atoms with Crippen molar-refractivity contribution >= 4 is 11.8 Å². The van der Waals surface area contributed by atoms with E-state index in [0.717, 1.165) is 12.8 Å². The van der Waals surface area contributed by atoms with Gasteiger partial charge in [-0.05, 0) is 19.3 Å². The lowest BCUT2D eigenvalue weighted by molar-refractivity contribution is -0.126. The van der Waals surface area contributed by atoms with Crippen molar-refractivity contribution < 1.29 is 9.59 Å². The fourth-order valence-corrected chi connectivity index (χ4v) is 2.54. The van der Waals surface area contributed by atoms with E-state index in [1.54, 1.807) is 0 Å². The first-order valence-electron chi connectivity index (χ1n) is 6.35. The molecule has 90 valence electrons. The quantitative estimate of drug-likeness (QED) is 0.690. The maximum Gasteiger partial charge on any atom is 0.242 e. The first-order valence-corrected chi connectivity index (χ1v) is 6.35. The van der Waals surface area contributed by atoms with Crippen LogP contribution in [0.3, 0.4) is 0 Å². The minimum atomic E-state index is -0.282. The van der Waals surface area contributed by atoms with Gasteiger partial charge in [0.25, 0.3) is 0 Å². The highest BCUT2D eigenvalue weighted by Gasteiger charge is 2.28. The van der Waals surface area contributed by atoms with Crippen LogP contribution in [0.1, 0.15) is 51.4 Å². The summed E-state index contributed by atoms with van der Waals surface area (Å²) in [4.78, 5) is 22.9. The molecule has 0 aromatic carbocycles. The second kappa shape index (κ2) is 5.32. The average molecular weight is 224 g/mol. The van der Waals surface area contributed by atoms with Crippen LogP contribution in [0.15, 0.2) is 0 Å². The average Bonchev–Trinajstić information content (AvgIpc) is 2.54. The standard InChI is InChI=1S/C12H20N2O2/c15-11-8-7-10(14-11)12(16)13-9-5-3-1-2-4-6-9/h9-10H,1-8H2,(H,13,16)(H,14,15)/t10-/m1/s1. The highest BCUT2D eigenvalue weighted by Crippen LogP contribution is 2.17. The van der Waals surface area contributed by atoms with E-state index in [-0.39, 0.29) is 17.9 Å². The molecule has 0 unspecified atom stereocenters. The molecule has 1 atom stereocenters. The second-order valence-corrected chi connectivity index (χ2v) is 4.86. The summed E-state index contributed by atoms with van der Waals surface area (Å²) in [5, 5.41) is 5.78. The molecular formula is C12H20N2O2. The second-order valence-electron chi connectivity index (χ2n) is 4.86. The van der Waals surface area contributed by atoms with Crippen LogP contribution >= 0.6 is 0 Å². The van der Waals surface area contributed by atoms with Crippen LogP contribution in [0.5, 0.6) is 0 Å². The van der Waals surface area contributed by atoms with Gasteiger partial charge in [-0.1, -0.05) is 25.7 Å². The zero-order chi connectivity index (χ0) is 11.4. The molecule has 1 aliphatic carbocycles. The number of rotatable bonds is 2. The van der Waals surface area contributed by atoms with Gasteiger partial charge in [0.1, 0.15) is 6.04 Å². The lowest BCUT2D eigenvalue weighted by Gasteiger charge is -2.18. The molecule has 0 radical (unpaired) electrons. The van der Waals surface area contributed by atoms with Gasteiger partial charge in [-0.2, -0.15) is 0 Å². The van der Waals surface area contributed by atoms with Crippen LogP contribution in [0.4, 0.5) is 0 Å². The number of nitrogens with one attached hydrogen (secondary N) is 2. The Bertz CT molecular complexity index is 270. The van der Waals surface area contributed by atoms with Crippen molar-refractivity contribution in [3.8, 4) is 0 Å². The molecule has 1 heterocycles. The summed E-state index contributed by atoms with van der Waals surface area (Å²) in [7, 11) is 0. The van der Waals surface area contributed by atoms with Crippen molar-refractivity contribution in [3.63, 3.8) is 0 Å². The summed E-state index contributed by atoms with van der Waals surface area (Å²) in [6, 6.07) is 0.0447. The molecule has 1 saturated heterocycles. The van der Waals surface area contributed by atoms with Gasteiger partial charge in [-0.25, -0.2) is 0 Å².